The van der Waals surface area contributed by atoms with Crippen molar-refractivity contribution < 1.29 is 13.9 Å². The molecule has 7 heteroatoms. The first kappa shape index (κ1) is 21.9. The predicted molar refractivity (Wildman–Crippen MR) is 121 cm³/mol. The van der Waals surface area contributed by atoms with Crippen LogP contribution in [0.4, 0.5) is 0 Å². The van der Waals surface area contributed by atoms with E-state index in [2.05, 4.69) is 24.4 Å². The molecule has 0 spiro atoms. The fraction of sp³-hybridized carbons (Fsp3) is 0.217. The van der Waals surface area contributed by atoms with Crippen molar-refractivity contribution in [3.8, 4) is 17.1 Å². The van der Waals surface area contributed by atoms with Crippen molar-refractivity contribution in [1.82, 2.24) is 5.43 Å². The molecule has 2 aromatic carbocycles. The van der Waals surface area contributed by atoms with Crippen LogP contribution in [0.2, 0.25) is 10.0 Å². The van der Waals surface area contributed by atoms with Gasteiger partial charge in [0.15, 0.2) is 6.61 Å². The molecule has 0 bridgehead atoms. The number of hydrogen-bond acceptors (Lipinski definition) is 4. The maximum atomic E-state index is 11.9. The van der Waals surface area contributed by atoms with Crippen LogP contribution < -0.4 is 10.2 Å². The van der Waals surface area contributed by atoms with Gasteiger partial charge in [0, 0.05) is 10.6 Å². The molecule has 0 aliphatic carbocycles. The minimum Gasteiger partial charge on any atom is -0.484 e. The highest BCUT2D eigenvalue weighted by Gasteiger charge is 2.09. The molecule has 0 fully saturated rings. The Balaban J connectivity index is 1.49. The van der Waals surface area contributed by atoms with Crippen LogP contribution >= 0.6 is 23.2 Å². The molecule has 5 nitrogen and oxygen atoms in total. The van der Waals surface area contributed by atoms with Gasteiger partial charge in [0.25, 0.3) is 5.91 Å². The van der Waals surface area contributed by atoms with Gasteiger partial charge in [0.1, 0.15) is 17.3 Å². The molecular formula is C23H22Cl2N2O3. The van der Waals surface area contributed by atoms with Crippen molar-refractivity contribution >= 4 is 35.3 Å². The predicted octanol–water partition coefficient (Wildman–Crippen LogP) is 6.30. The van der Waals surface area contributed by atoms with Gasteiger partial charge in [-0.1, -0.05) is 49.2 Å². The zero-order valence-electron chi connectivity index (χ0n) is 16.7. The minimum atomic E-state index is -0.371. The van der Waals surface area contributed by atoms with Gasteiger partial charge in [-0.15, -0.1) is 0 Å². The zero-order chi connectivity index (χ0) is 21.5. The summed E-state index contributed by atoms with van der Waals surface area (Å²) in [5, 5.41) is 4.93. The number of benzene rings is 2. The highest BCUT2D eigenvalue weighted by Crippen LogP contribution is 2.31. The van der Waals surface area contributed by atoms with Crippen LogP contribution in [0.3, 0.4) is 0 Å². The lowest BCUT2D eigenvalue weighted by atomic mass is 9.99. The standard InChI is InChI=1S/C23H22Cl2N2O3/c1-3-15(2)16-4-7-18(8-5-16)29-14-23(28)27-26-13-19-9-11-22(30-19)20-10-6-17(24)12-21(20)25/h4-13,15H,3,14H2,1-2H3,(H,27,28). The second-order valence-corrected chi connectivity index (χ2v) is 7.63. The van der Waals surface area contributed by atoms with Gasteiger partial charge in [-0.2, -0.15) is 5.10 Å². The Morgan fingerprint density at radius 3 is 2.63 bits per heavy atom. The molecule has 0 saturated heterocycles. The summed E-state index contributed by atoms with van der Waals surface area (Å²) in [6.45, 7) is 4.19. The summed E-state index contributed by atoms with van der Waals surface area (Å²) in [6, 6.07) is 16.4. The molecule has 0 aliphatic rings. The average molecular weight is 445 g/mol. The quantitative estimate of drug-likeness (QED) is 0.327. The fourth-order valence-electron chi connectivity index (χ4n) is 2.73. The number of furan rings is 1. The van der Waals surface area contributed by atoms with E-state index < -0.39 is 0 Å². The number of hydrogen-bond donors (Lipinski definition) is 1. The smallest absolute Gasteiger partial charge is 0.277 e. The van der Waals surface area contributed by atoms with Gasteiger partial charge in [-0.25, -0.2) is 5.43 Å². The molecule has 156 valence electrons. The van der Waals surface area contributed by atoms with Gasteiger partial charge >= 0.3 is 0 Å². The molecule has 0 radical (unpaired) electrons. The van der Waals surface area contributed by atoms with E-state index in [1.54, 1.807) is 30.3 Å². The third-order valence-corrected chi connectivity index (χ3v) is 5.18. The number of nitrogens with zero attached hydrogens (tertiary/aromatic N) is 1. The van der Waals surface area contributed by atoms with Gasteiger partial charge in [-0.05, 0) is 60.4 Å². The van der Waals surface area contributed by atoms with Crippen molar-refractivity contribution in [2.75, 3.05) is 6.61 Å². The summed E-state index contributed by atoms with van der Waals surface area (Å²) in [6.07, 6.45) is 2.48. The molecular weight excluding hydrogens is 423 g/mol. The molecule has 1 atom stereocenters. The van der Waals surface area contributed by atoms with E-state index in [0.29, 0.717) is 33.2 Å². The Bertz CT molecular complexity index is 1030. The maximum absolute atomic E-state index is 11.9. The summed E-state index contributed by atoms with van der Waals surface area (Å²) >= 11 is 12.1. The van der Waals surface area contributed by atoms with Crippen LogP contribution in [-0.2, 0) is 4.79 Å². The lowest BCUT2D eigenvalue weighted by Gasteiger charge is -2.10. The second-order valence-electron chi connectivity index (χ2n) is 6.79. The summed E-state index contributed by atoms with van der Waals surface area (Å²) in [4.78, 5) is 11.9. The van der Waals surface area contributed by atoms with E-state index in [1.165, 1.54) is 11.8 Å². The normalized spacial score (nSPS) is 12.1. The van der Waals surface area contributed by atoms with Crippen LogP contribution in [-0.4, -0.2) is 18.7 Å². The van der Waals surface area contributed by atoms with Crippen LogP contribution in [0.25, 0.3) is 11.3 Å². The Hall–Kier alpha value is -2.76. The largest absolute Gasteiger partial charge is 0.484 e. The second kappa shape index (κ2) is 10.3. The Morgan fingerprint density at radius 2 is 1.93 bits per heavy atom. The number of nitrogens with one attached hydrogen (secondary N) is 1. The van der Waals surface area contributed by atoms with E-state index >= 15 is 0 Å². The Kier molecular flexibility index (Phi) is 7.55. The van der Waals surface area contributed by atoms with Gasteiger partial charge in [-0.3, -0.25) is 4.79 Å². The molecule has 1 heterocycles. The first-order valence-electron chi connectivity index (χ1n) is 9.56. The summed E-state index contributed by atoms with van der Waals surface area (Å²) in [5.74, 6) is 1.81. The summed E-state index contributed by atoms with van der Waals surface area (Å²) in [7, 11) is 0. The van der Waals surface area contributed by atoms with E-state index in [-0.39, 0.29) is 12.5 Å². The lowest BCUT2D eigenvalue weighted by Crippen LogP contribution is -2.24. The number of carbonyl (C=O) groups is 1. The molecule has 1 aromatic heterocycles. The first-order chi connectivity index (χ1) is 14.5. The topological polar surface area (TPSA) is 63.8 Å². The number of rotatable bonds is 8. The molecule has 3 aromatic rings. The Morgan fingerprint density at radius 1 is 1.17 bits per heavy atom. The van der Waals surface area contributed by atoms with E-state index in [1.807, 2.05) is 24.3 Å². The first-order valence-corrected chi connectivity index (χ1v) is 10.3. The highest BCUT2D eigenvalue weighted by molar-refractivity contribution is 6.36. The minimum absolute atomic E-state index is 0.135. The van der Waals surface area contributed by atoms with Gasteiger partial charge in [0.05, 0.1) is 11.2 Å². The zero-order valence-corrected chi connectivity index (χ0v) is 18.2. The summed E-state index contributed by atoms with van der Waals surface area (Å²) < 4.78 is 11.2. The molecule has 0 aliphatic heterocycles. The van der Waals surface area contributed by atoms with Crippen molar-refractivity contribution in [2.24, 2.45) is 5.10 Å². The third kappa shape index (κ3) is 5.88. The molecule has 1 amide bonds. The fourth-order valence-corrected chi connectivity index (χ4v) is 3.24. The number of halogens is 2. The number of ether oxygens (including phenoxy) is 1. The highest BCUT2D eigenvalue weighted by atomic mass is 35.5. The van der Waals surface area contributed by atoms with Crippen molar-refractivity contribution in [1.29, 1.82) is 0 Å². The van der Waals surface area contributed by atoms with E-state index in [4.69, 9.17) is 32.4 Å². The SMILES string of the molecule is CCC(C)c1ccc(OCC(=O)NN=Cc2ccc(-c3ccc(Cl)cc3Cl)o2)cc1. The van der Waals surface area contributed by atoms with E-state index in [0.717, 1.165) is 12.0 Å². The van der Waals surface area contributed by atoms with Crippen LogP contribution in [0, 0.1) is 0 Å². The third-order valence-electron chi connectivity index (χ3n) is 4.64. The average Bonchev–Trinajstić information content (AvgIpc) is 3.20. The van der Waals surface area contributed by atoms with Crippen molar-refractivity contribution in [3.63, 3.8) is 0 Å². The van der Waals surface area contributed by atoms with Gasteiger partial charge < -0.3 is 9.15 Å². The summed E-state index contributed by atoms with van der Waals surface area (Å²) in [5.41, 5.74) is 4.38. The van der Waals surface area contributed by atoms with E-state index in [9.17, 15) is 4.79 Å². The van der Waals surface area contributed by atoms with Crippen LogP contribution in [0.1, 0.15) is 37.5 Å². The molecule has 1 unspecified atom stereocenters. The molecule has 30 heavy (non-hydrogen) atoms. The monoisotopic (exact) mass is 444 g/mol. The maximum Gasteiger partial charge on any atom is 0.277 e. The molecule has 3 rings (SSSR count). The van der Waals surface area contributed by atoms with Gasteiger partial charge in [0.2, 0.25) is 0 Å². The van der Waals surface area contributed by atoms with Crippen molar-refractivity contribution in [3.05, 3.63) is 76.0 Å². The lowest BCUT2D eigenvalue weighted by molar-refractivity contribution is -0.123. The molecule has 1 N–H and O–H groups in total. The number of amides is 1. The molecule has 0 saturated carbocycles. The number of hydrazone groups is 1. The number of carbonyl (C=O) groups excluding carboxylic acids is 1. The van der Waals surface area contributed by atoms with Crippen LogP contribution in [0.5, 0.6) is 5.75 Å². The Labute approximate surface area is 185 Å². The van der Waals surface area contributed by atoms with Crippen molar-refractivity contribution in [2.45, 2.75) is 26.2 Å². The van der Waals surface area contributed by atoms with Crippen LogP contribution in [0.15, 0.2) is 64.1 Å².